The first kappa shape index (κ1) is 16.7. The lowest BCUT2D eigenvalue weighted by atomic mass is 10.3. The molecular weight excluding hydrogens is 280 g/mol. The number of carbonyl (C=O) groups excluding carboxylic acids is 1. The van der Waals surface area contributed by atoms with Gasteiger partial charge in [-0.3, -0.25) is 4.79 Å². The Morgan fingerprint density at radius 2 is 2.25 bits per heavy atom. The van der Waals surface area contributed by atoms with E-state index in [0.29, 0.717) is 29.9 Å². The third-order valence-corrected chi connectivity index (χ3v) is 2.77. The number of nitrogens with zero attached hydrogens (tertiary/aromatic N) is 2. The van der Waals surface area contributed by atoms with E-state index < -0.39 is 6.04 Å². The molecule has 2 N–H and O–H groups in total. The van der Waals surface area contributed by atoms with E-state index in [4.69, 9.17) is 16.3 Å². The molecule has 112 valence electrons. The van der Waals surface area contributed by atoms with Crippen molar-refractivity contribution < 1.29 is 9.53 Å². The molecule has 0 radical (unpaired) electrons. The van der Waals surface area contributed by atoms with Gasteiger partial charge < -0.3 is 15.4 Å². The number of hydrogen-bond donors (Lipinski definition) is 2. The monoisotopic (exact) mass is 300 g/mol. The molecule has 0 saturated heterocycles. The Morgan fingerprint density at radius 1 is 1.50 bits per heavy atom. The Labute approximate surface area is 124 Å². The van der Waals surface area contributed by atoms with Crippen molar-refractivity contribution in [1.82, 2.24) is 15.3 Å². The van der Waals surface area contributed by atoms with E-state index in [1.165, 1.54) is 0 Å². The molecule has 0 fully saturated rings. The lowest BCUT2D eigenvalue weighted by Crippen LogP contribution is -2.39. The van der Waals surface area contributed by atoms with Crippen LogP contribution in [-0.4, -0.2) is 42.2 Å². The van der Waals surface area contributed by atoms with Crippen LogP contribution in [0.4, 0.5) is 5.82 Å². The second kappa shape index (κ2) is 8.71. The van der Waals surface area contributed by atoms with E-state index in [2.05, 4.69) is 20.6 Å². The molecule has 0 aliphatic heterocycles. The van der Waals surface area contributed by atoms with Crippen molar-refractivity contribution in [2.45, 2.75) is 32.7 Å². The van der Waals surface area contributed by atoms with E-state index in [1.807, 2.05) is 6.92 Å². The van der Waals surface area contributed by atoms with Crippen molar-refractivity contribution in [2.75, 3.05) is 25.6 Å². The summed E-state index contributed by atoms with van der Waals surface area (Å²) in [6, 6.07) is 1.20. The molecule has 0 aliphatic rings. The van der Waals surface area contributed by atoms with Crippen LogP contribution in [0.2, 0.25) is 5.15 Å². The van der Waals surface area contributed by atoms with Gasteiger partial charge in [-0.15, -0.1) is 0 Å². The molecule has 0 spiro atoms. The van der Waals surface area contributed by atoms with Crippen molar-refractivity contribution in [1.29, 1.82) is 0 Å². The normalized spacial score (nSPS) is 12.0. The van der Waals surface area contributed by atoms with Crippen molar-refractivity contribution in [2.24, 2.45) is 0 Å². The average molecular weight is 301 g/mol. The molecule has 1 rings (SSSR count). The number of ether oxygens (including phenoxy) is 1. The maximum absolute atomic E-state index is 11.8. The van der Waals surface area contributed by atoms with Crippen LogP contribution in [0.1, 0.15) is 26.1 Å². The van der Waals surface area contributed by atoms with Gasteiger partial charge in [0.1, 0.15) is 22.8 Å². The molecule has 20 heavy (non-hydrogen) atoms. The van der Waals surface area contributed by atoms with Gasteiger partial charge in [0.25, 0.3) is 0 Å². The quantitative estimate of drug-likeness (QED) is 0.564. The number of amides is 1. The first-order valence-electron chi connectivity index (χ1n) is 6.63. The summed E-state index contributed by atoms with van der Waals surface area (Å²) < 4.78 is 4.88. The van der Waals surface area contributed by atoms with E-state index >= 15 is 0 Å². The van der Waals surface area contributed by atoms with Gasteiger partial charge in [-0.2, -0.15) is 0 Å². The summed E-state index contributed by atoms with van der Waals surface area (Å²) in [6.07, 6.45) is 1.69. The molecular formula is C13H21ClN4O2. The number of methoxy groups -OCH3 is 1. The Morgan fingerprint density at radius 3 is 2.90 bits per heavy atom. The number of hydrogen-bond acceptors (Lipinski definition) is 5. The Bertz CT molecular complexity index is 442. The fourth-order valence-electron chi connectivity index (χ4n) is 1.59. The molecule has 1 aromatic heterocycles. The molecule has 1 heterocycles. The molecule has 0 aromatic carbocycles. The largest absolute Gasteiger partial charge is 0.383 e. The van der Waals surface area contributed by atoms with Crippen molar-refractivity contribution in [3.63, 3.8) is 0 Å². The molecule has 1 amide bonds. The van der Waals surface area contributed by atoms with E-state index in [-0.39, 0.29) is 5.91 Å². The number of rotatable bonds is 8. The fraction of sp³-hybridized carbons (Fsp3) is 0.615. The standard InChI is InChI=1S/C13H21ClN4O2/c1-4-5-11-17-10(14)8-12(18-11)16-9(2)13(19)15-6-7-20-3/h8-9H,4-7H2,1-3H3,(H,15,19)(H,16,17,18). The van der Waals surface area contributed by atoms with E-state index in [9.17, 15) is 4.79 Å². The summed E-state index contributed by atoms with van der Waals surface area (Å²) in [6.45, 7) is 4.77. The highest BCUT2D eigenvalue weighted by molar-refractivity contribution is 6.29. The molecule has 0 aliphatic carbocycles. The molecule has 6 nitrogen and oxygen atoms in total. The zero-order chi connectivity index (χ0) is 15.0. The van der Waals surface area contributed by atoms with Crippen LogP contribution in [0.25, 0.3) is 0 Å². The predicted molar refractivity (Wildman–Crippen MR) is 79.0 cm³/mol. The zero-order valence-corrected chi connectivity index (χ0v) is 12.8. The maximum Gasteiger partial charge on any atom is 0.242 e. The zero-order valence-electron chi connectivity index (χ0n) is 12.1. The first-order chi connectivity index (χ1) is 9.56. The molecule has 1 atom stereocenters. The summed E-state index contributed by atoms with van der Waals surface area (Å²) >= 11 is 5.94. The number of nitrogens with one attached hydrogen (secondary N) is 2. The number of carbonyl (C=O) groups is 1. The minimum absolute atomic E-state index is 0.117. The minimum Gasteiger partial charge on any atom is -0.383 e. The van der Waals surface area contributed by atoms with E-state index in [0.717, 1.165) is 12.8 Å². The second-order valence-corrected chi connectivity index (χ2v) is 4.78. The first-order valence-corrected chi connectivity index (χ1v) is 7.01. The predicted octanol–water partition coefficient (Wildman–Crippen LogP) is 1.65. The van der Waals surface area contributed by atoms with Gasteiger partial charge in [0.05, 0.1) is 6.61 Å². The molecule has 1 aromatic rings. The summed E-state index contributed by atoms with van der Waals surface area (Å²) in [5, 5.41) is 6.15. The van der Waals surface area contributed by atoms with Crippen molar-refractivity contribution in [3.8, 4) is 0 Å². The molecule has 7 heteroatoms. The van der Waals surface area contributed by atoms with Crippen LogP contribution in [0.15, 0.2) is 6.07 Å². The fourth-order valence-corrected chi connectivity index (χ4v) is 1.79. The summed E-state index contributed by atoms with van der Waals surface area (Å²) in [5.74, 6) is 1.12. The van der Waals surface area contributed by atoms with Gasteiger partial charge in [0.2, 0.25) is 5.91 Å². The lowest BCUT2D eigenvalue weighted by molar-refractivity contribution is -0.121. The molecule has 0 saturated carbocycles. The van der Waals surface area contributed by atoms with Crippen molar-refractivity contribution in [3.05, 3.63) is 17.0 Å². The number of halogens is 1. The van der Waals surface area contributed by atoms with Crippen LogP contribution in [0, 0.1) is 0 Å². The Hall–Kier alpha value is -1.40. The van der Waals surface area contributed by atoms with Gasteiger partial charge in [-0.05, 0) is 13.3 Å². The topological polar surface area (TPSA) is 76.1 Å². The van der Waals surface area contributed by atoms with Crippen molar-refractivity contribution >= 4 is 23.3 Å². The minimum atomic E-state index is -0.410. The highest BCUT2D eigenvalue weighted by Gasteiger charge is 2.13. The summed E-state index contributed by atoms with van der Waals surface area (Å²) in [4.78, 5) is 20.3. The molecule has 1 unspecified atom stereocenters. The summed E-state index contributed by atoms with van der Waals surface area (Å²) in [5.41, 5.74) is 0. The number of anilines is 1. The summed E-state index contributed by atoms with van der Waals surface area (Å²) in [7, 11) is 1.59. The number of aromatic nitrogens is 2. The Balaban J connectivity index is 2.60. The lowest BCUT2D eigenvalue weighted by Gasteiger charge is -2.15. The highest BCUT2D eigenvalue weighted by atomic mass is 35.5. The van der Waals surface area contributed by atoms with Gasteiger partial charge in [0.15, 0.2) is 0 Å². The second-order valence-electron chi connectivity index (χ2n) is 4.39. The van der Waals surface area contributed by atoms with Crippen LogP contribution < -0.4 is 10.6 Å². The highest BCUT2D eigenvalue weighted by Crippen LogP contribution is 2.13. The maximum atomic E-state index is 11.8. The van der Waals surface area contributed by atoms with Gasteiger partial charge in [-0.1, -0.05) is 18.5 Å². The molecule has 0 bridgehead atoms. The SMILES string of the molecule is CCCc1nc(Cl)cc(NC(C)C(=O)NCCOC)n1. The van der Waals surface area contributed by atoms with Crippen LogP contribution >= 0.6 is 11.6 Å². The Kier molecular flexibility index (Phi) is 7.25. The van der Waals surface area contributed by atoms with Crippen LogP contribution in [-0.2, 0) is 16.0 Å². The van der Waals surface area contributed by atoms with E-state index in [1.54, 1.807) is 20.1 Å². The van der Waals surface area contributed by atoms with Gasteiger partial charge in [-0.25, -0.2) is 9.97 Å². The third-order valence-electron chi connectivity index (χ3n) is 2.58. The number of aryl methyl sites for hydroxylation is 1. The van der Waals surface area contributed by atoms with Crippen LogP contribution in [0.5, 0.6) is 0 Å². The van der Waals surface area contributed by atoms with Crippen LogP contribution in [0.3, 0.4) is 0 Å². The smallest absolute Gasteiger partial charge is 0.242 e. The third kappa shape index (κ3) is 5.71. The van der Waals surface area contributed by atoms with Gasteiger partial charge >= 0.3 is 0 Å². The average Bonchev–Trinajstić information content (AvgIpc) is 2.38. The van der Waals surface area contributed by atoms with Gasteiger partial charge in [0, 0.05) is 26.1 Å².